The lowest BCUT2D eigenvalue weighted by Crippen LogP contribution is -2.12. The van der Waals surface area contributed by atoms with Crippen LogP contribution < -0.4 is 0 Å². The molecule has 0 fully saturated rings. The Kier molecular flexibility index (Phi) is 2.64. The maximum atomic E-state index is 9.85. The molecule has 0 bridgehead atoms. The van der Waals surface area contributed by atoms with Crippen LogP contribution in [0.25, 0.3) is 0 Å². The van der Waals surface area contributed by atoms with Crippen LogP contribution >= 0.6 is 0 Å². The number of aliphatic hydroxyl groups is 1. The summed E-state index contributed by atoms with van der Waals surface area (Å²) in [5, 5.41) is 9.85. The molecule has 0 saturated carbocycles. The maximum absolute atomic E-state index is 9.85. The van der Waals surface area contributed by atoms with Crippen LogP contribution in [-0.2, 0) is 9.47 Å². The number of methoxy groups -OCH3 is 2. The summed E-state index contributed by atoms with van der Waals surface area (Å²) in [6.07, 6.45) is 7.60. The molecule has 0 amide bonds. The number of aliphatic hydroxyl groups excluding tert-OH is 1. The molecule has 80 valence electrons. The summed E-state index contributed by atoms with van der Waals surface area (Å²) in [4.78, 5) is 0. The second-order valence-corrected chi connectivity index (χ2v) is 3.49. The molecule has 2 rings (SSSR count). The molecular formula is C12H14O3. The third-order valence-corrected chi connectivity index (χ3v) is 2.64. The first-order valence-electron chi connectivity index (χ1n) is 4.85. The van der Waals surface area contributed by atoms with Crippen molar-refractivity contribution >= 4 is 0 Å². The van der Waals surface area contributed by atoms with E-state index in [1.807, 2.05) is 24.3 Å². The van der Waals surface area contributed by atoms with Crippen molar-refractivity contribution in [2.24, 2.45) is 0 Å². The number of fused-ring (bicyclic) bond motifs is 1. The van der Waals surface area contributed by atoms with E-state index in [1.165, 1.54) is 0 Å². The highest BCUT2D eigenvalue weighted by molar-refractivity contribution is 5.57. The van der Waals surface area contributed by atoms with Crippen molar-refractivity contribution in [1.82, 2.24) is 0 Å². The minimum Gasteiger partial charge on any atom is -0.500 e. The molecule has 3 heteroatoms. The number of hydrogen-bond acceptors (Lipinski definition) is 3. The molecule has 0 radical (unpaired) electrons. The van der Waals surface area contributed by atoms with Crippen molar-refractivity contribution in [3.8, 4) is 0 Å². The van der Waals surface area contributed by atoms with Crippen molar-refractivity contribution in [2.75, 3.05) is 14.2 Å². The second kappa shape index (κ2) is 3.95. The molecule has 0 aliphatic heterocycles. The zero-order valence-corrected chi connectivity index (χ0v) is 8.86. The highest BCUT2D eigenvalue weighted by Crippen LogP contribution is 2.31. The van der Waals surface area contributed by atoms with Crippen LogP contribution in [0.4, 0.5) is 0 Å². The Morgan fingerprint density at radius 3 is 2.80 bits per heavy atom. The molecule has 3 nitrogen and oxygen atoms in total. The van der Waals surface area contributed by atoms with Crippen LogP contribution in [0.15, 0.2) is 47.0 Å². The SMILES string of the molecule is COC1=CC2=CC=CC2=C(OC)CC1O. The van der Waals surface area contributed by atoms with E-state index in [2.05, 4.69) is 0 Å². The van der Waals surface area contributed by atoms with Crippen molar-refractivity contribution in [3.63, 3.8) is 0 Å². The first kappa shape index (κ1) is 10.1. The molecule has 0 aromatic carbocycles. The number of rotatable bonds is 2. The molecule has 0 saturated heterocycles. The summed E-state index contributed by atoms with van der Waals surface area (Å²) < 4.78 is 10.4. The summed E-state index contributed by atoms with van der Waals surface area (Å²) in [7, 11) is 3.19. The predicted molar refractivity (Wildman–Crippen MR) is 57.0 cm³/mol. The molecule has 0 aromatic rings. The van der Waals surface area contributed by atoms with Crippen LogP contribution in [0.5, 0.6) is 0 Å². The lowest BCUT2D eigenvalue weighted by atomic mass is 10.1. The van der Waals surface area contributed by atoms with Gasteiger partial charge in [0.2, 0.25) is 0 Å². The first-order chi connectivity index (χ1) is 7.26. The third-order valence-electron chi connectivity index (χ3n) is 2.64. The minimum absolute atomic E-state index is 0.452. The van der Waals surface area contributed by atoms with E-state index < -0.39 is 6.10 Å². The molecular weight excluding hydrogens is 192 g/mol. The Morgan fingerprint density at radius 2 is 2.13 bits per heavy atom. The normalized spacial score (nSPS) is 24.3. The van der Waals surface area contributed by atoms with E-state index in [0.29, 0.717) is 12.2 Å². The second-order valence-electron chi connectivity index (χ2n) is 3.49. The average Bonchev–Trinajstić information content (AvgIpc) is 2.65. The molecule has 1 N–H and O–H groups in total. The highest BCUT2D eigenvalue weighted by Gasteiger charge is 2.23. The lowest BCUT2D eigenvalue weighted by molar-refractivity contribution is 0.114. The fourth-order valence-electron chi connectivity index (χ4n) is 1.84. The summed E-state index contributed by atoms with van der Waals surface area (Å²) in [5.74, 6) is 1.38. The van der Waals surface area contributed by atoms with Gasteiger partial charge < -0.3 is 14.6 Å². The minimum atomic E-state index is -0.627. The molecule has 0 aromatic heterocycles. The van der Waals surface area contributed by atoms with Crippen LogP contribution in [0, 0.1) is 0 Å². The van der Waals surface area contributed by atoms with Gasteiger partial charge in [-0.15, -0.1) is 0 Å². The Bertz CT molecular complexity index is 386. The van der Waals surface area contributed by atoms with Gasteiger partial charge in [-0.05, 0) is 11.6 Å². The quantitative estimate of drug-likeness (QED) is 0.747. The van der Waals surface area contributed by atoms with Gasteiger partial charge in [-0.1, -0.05) is 18.2 Å². The fraction of sp³-hybridized carbons (Fsp3) is 0.333. The topological polar surface area (TPSA) is 38.7 Å². The van der Waals surface area contributed by atoms with E-state index in [-0.39, 0.29) is 0 Å². The Hall–Kier alpha value is -1.48. The van der Waals surface area contributed by atoms with Gasteiger partial charge in [-0.2, -0.15) is 0 Å². The number of hydrogen-bond donors (Lipinski definition) is 1. The number of ether oxygens (including phenoxy) is 2. The zero-order chi connectivity index (χ0) is 10.8. The van der Waals surface area contributed by atoms with E-state index in [4.69, 9.17) is 9.47 Å². The molecule has 1 atom stereocenters. The van der Waals surface area contributed by atoms with Crippen molar-refractivity contribution < 1.29 is 14.6 Å². The first-order valence-corrected chi connectivity index (χ1v) is 4.85. The lowest BCUT2D eigenvalue weighted by Gasteiger charge is -2.13. The van der Waals surface area contributed by atoms with Crippen LogP contribution in [0.3, 0.4) is 0 Å². The van der Waals surface area contributed by atoms with Gasteiger partial charge in [-0.3, -0.25) is 0 Å². The summed E-state index contributed by atoms with van der Waals surface area (Å²) >= 11 is 0. The average molecular weight is 206 g/mol. The van der Waals surface area contributed by atoms with Gasteiger partial charge in [0.15, 0.2) is 0 Å². The standard InChI is InChI=1S/C12H14O3/c1-14-11-7-10(13)12(15-2)6-8-4-3-5-9(8)11/h3-6,10,13H,7H2,1-2H3. The van der Waals surface area contributed by atoms with Crippen LogP contribution in [-0.4, -0.2) is 25.4 Å². The van der Waals surface area contributed by atoms with E-state index in [9.17, 15) is 5.11 Å². The zero-order valence-electron chi connectivity index (χ0n) is 8.86. The Labute approximate surface area is 89.0 Å². The summed E-state index contributed by atoms with van der Waals surface area (Å²) in [5.41, 5.74) is 2.06. The number of allylic oxidation sites excluding steroid dienone is 6. The summed E-state index contributed by atoms with van der Waals surface area (Å²) in [6, 6.07) is 0. The van der Waals surface area contributed by atoms with Crippen LogP contribution in [0.1, 0.15) is 6.42 Å². The van der Waals surface area contributed by atoms with Gasteiger partial charge >= 0.3 is 0 Å². The Morgan fingerprint density at radius 1 is 1.33 bits per heavy atom. The van der Waals surface area contributed by atoms with Crippen LogP contribution in [0.2, 0.25) is 0 Å². The Balaban J connectivity index is 2.42. The highest BCUT2D eigenvalue weighted by atomic mass is 16.5. The van der Waals surface area contributed by atoms with Crippen molar-refractivity contribution in [2.45, 2.75) is 12.5 Å². The maximum Gasteiger partial charge on any atom is 0.125 e. The molecule has 2 aliphatic carbocycles. The molecule has 0 spiro atoms. The van der Waals surface area contributed by atoms with Gasteiger partial charge in [-0.25, -0.2) is 0 Å². The van der Waals surface area contributed by atoms with Gasteiger partial charge in [0, 0.05) is 12.0 Å². The fourth-order valence-corrected chi connectivity index (χ4v) is 1.84. The smallest absolute Gasteiger partial charge is 0.125 e. The predicted octanol–water partition coefficient (Wildman–Crippen LogP) is 1.68. The van der Waals surface area contributed by atoms with E-state index in [0.717, 1.165) is 16.9 Å². The van der Waals surface area contributed by atoms with Crippen molar-refractivity contribution in [1.29, 1.82) is 0 Å². The molecule has 0 heterocycles. The molecule has 2 aliphatic rings. The summed E-state index contributed by atoms with van der Waals surface area (Å²) in [6.45, 7) is 0. The third kappa shape index (κ3) is 1.70. The molecule has 1 unspecified atom stereocenters. The molecule has 15 heavy (non-hydrogen) atoms. The van der Waals surface area contributed by atoms with E-state index >= 15 is 0 Å². The van der Waals surface area contributed by atoms with Gasteiger partial charge in [0.1, 0.15) is 17.6 Å². The largest absolute Gasteiger partial charge is 0.500 e. The van der Waals surface area contributed by atoms with E-state index in [1.54, 1.807) is 14.2 Å². The monoisotopic (exact) mass is 206 g/mol. The van der Waals surface area contributed by atoms with Gasteiger partial charge in [0.25, 0.3) is 0 Å². The van der Waals surface area contributed by atoms with Gasteiger partial charge in [0.05, 0.1) is 14.2 Å². The van der Waals surface area contributed by atoms with Crippen molar-refractivity contribution in [3.05, 3.63) is 47.0 Å².